The van der Waals surface area contributed by atoms with Crippen LogP contribution < -0.4 is 10.6 Å². The smallest absolute Gasteiger partial charge is 0.339 e. The predicted molar refractivity (Wildman–Crippen MR) is 95.1 cm³/mol. The summed E-state index contributed by atoms with van der Waals surface area (Å²) in [4.78, 5) is 32.6. The van der Waals surface area contributed by atoms with Crippen LogP contribution in [0.4, 0.5) is 11.6 Å². The summed E-state index contributed by atoms with van der Waals surface area (Å²) in [5.41, 5.74) is 1.80. The lowest BCUT2D eigenvalue weighted by molar-refractivity contribution is 0.0601. The first-order valence-electron chi connectivity index (χ1n) is 8.13. The maximum atomic E-state index is 12.2. The van der Waals surface area contributed by atoms with Gasteiger partial charge in [-0.3, -0.25) is 4.79 Å². The molecule has 1 aromatic heterocycles. The van der Waals surface area contributed by atoms with E-state index < -0.39 is 5.97 Å². The molecule has 0 atom stereocenters. The number of aromatic nitrogens is 2. The van der Waals surface area contributed by atoms with Crippen LogP contribution in [0.15, 0.2) is 30.3 Å². The number of nitrogens with one attached hydrogen (secondary N) is 2. The molecule has 0 bridgehead atoms. The number of carbonyl (C=O) groups excluding carboxylic acids is 2. The molecular weight excluding hydrogens is 320 g/mol. The second-order valence-corrected chi connectivity index (χ2v) is 5.49. The Morgan fingerprint density at radius 3 is 2.68 bits per heavy atom. The van der Waals surface area contributed by atoms with Gasteiger partial charge in [0, 0.05) is 12.2 Å². The van der Waals surface area contributed by atoms with Crippen molar-refractivity contribution in [2.24, 2.45) is 0 Å². The van der Waals surface area contributed by atoms with Crippen LogP contribution >= 0.6 is 0 Å². The summed E-state index contributed by atoms with van der Waals surface area (Å²) >= 11 is 0. The maximum Gasteiger partial charge on any atom is 0.339 e. The first-order chi connectivity index (χ1) is 12.0. The van der Waals surface area contributed by atoms with E-state index >= 15 is 0 Å². The zero-order valence-corrected chi connectivity index (χ0v) is 14.6. The summed E-state index contributed by atoms with van der Waals surface area (Å²) in [7, 11) is 1.32. The average Bonchev–Trinajstić information content (AvgIpc) is 2.61. The van der Waals surface area contributed by atoms with E-state index in [9.17, 15) is 9.59 Å². The minimum atomic E-state index is -0.465. The van der Waals surface area contributed by atoms with Gasteiger partial charge < -0.3 is 15.4 Å². The van der Waals surface area contributed by atoms with Gasteiger partial charge in [0.2, 0.25) is 5.95 Å². The SMILES string of the molecule is CCCCNC(=O)c1cc(C)nc(Nc2ccccc2C(=O)OC)n1. The summed E-state index contributed by atoms with van der Waals surface area (Å²) in [5, 5.41) is 5.81. The van der Waals surface area contributed by atoms with Crippen LogP contribution in [0.2, 0.25) is 0 Å². The number of anilines is 2. The van der Waals surface area contributed by atoms with E-state index in [2.05, 4.69) is 27.5 Å². The van der Waals surface area contributed by atoms with E-state index in [0.717, 1.165) is 12.8 Å². The molecule has 0 fully saturated rings. The van der Waals surface area contributed by atoms with Crippen molar-refractivity contribution in [3.8, 4) is 0 Å². The fourth-order valence-electron chi connectivity index (χ4n) is 2.21. The van der Waals surface area contributed by atoms with Gasteiger partial charge in [-0.1, -0.05) is 25.5 Å². The maximum absolute atomic E-state index is 12.2. The van der Waals surface area contributed by atoms with Gasteiger partial charge in [-0.15, -0.1) is 0 Å². The molecule has 2 N–H and O–H groups in total. The van der Waals surface area contributed by atoms with Crippen molar-refractivity contribution in [1.82, 2.24) is 15.3 Å². The highest BCUT2D eigenvalue weighted by molar-refractivity contribution is 5.96. The summed E-state index contributed by atoms with van der Waals surface area (Å²) in [6.07, 6.45) is 1.91. The number of rotatable bonds is 7. The number of hydrogen-bond acceptors (Lipinski definition) is 6. The Kier molecular flexibility index (Phi) is 6.45. The van der Waals surface area contributed by atoms with Gasteiger partial charge in [0.15, 0.2) is 0 Å². The van der Waals surface area contributed by atoms with Crippen molar-refractivity contribution in [1.29, 1.82) is 0 Å². The number of carbonyl (C=O) groups is 2. The third kappa shape index (κ3) is 5.00. The third-order valence-corrected chi connectivity index (χ3v) is 3.48. The number of methoxy groups -OCH3 is 1. The molecule has 1 heterocycles. The molecule has 7 heteroatoms. The van der Waals surface area contributed by atoms with Gasteiger partial charge in [-0.05, 0) is 31.5 Å². The molecule has 0 saturated carbocycles. The number of aryl methyl sites for hydroxylation is 1. The molecule has 0 saturated heterocycles. The van der Waals surface area contributed by atoms with E-state index in [0.29, 0.717) is 23.5 Å². The lowest BCUT2D eigenvalue weighted by atomic mass is 10.2. The number of para-hydroxylation sites is 1. The van der Waals surface area contributed by atoms with Crippen LogP contribution in [0.25, 0.3) is 0 Å². The average molecular weight is 342 g/mol. The number of ether oxygens (including phenoxy) is 1. The highest BCUT2D eigenvalue weighted by Gasteiger charge is 2.14. The first kappa shape index (κ1) is 18.4. The summed E-state index contributed by atoms with van der Waals surface area (Å²) < 4.78 is 4.77. The van der Waals surface area contributed by atoms with Gasteiger partial charge >= 0.3 is 5.97 Å². The zero-order chi connectivity index (χ0) is 18.2. The minimum absolute atomic E-state index is 0.247. The van der Waals surface area contributed by atoms with Crippen LogP contribution in [-0.4, -0.2) is 35.5 Å². The van der Waals surface area contributed by atoms with Crippen LogP contribution in [0.3, 0.4) is 0 Å². The standard InChI is InChI=1S/C18H22N4O3/c1-4-5-10-19-16(23)15-11-12(2)20-18(22-15)21-14-9-7-6-8-13(14)17(24)25-3/h6-9,11H,4-5,10H2,1-3H3,(H,19,23)(H,20,21,22). The monoisotopic (exact) mass is 342 g/mol. The van der Waals surface area contributed by atoms with Crippen molar-refractivity contribution < 1.29 is 14.3 Å². The molecule has 132 valence electrons. The number of esters is 1. The molecule has 7 nitrogen and oxygen atoms in total. The van der Waals surface area contributed by atoms with Crippen molar-refractivity contribution >= 4 is 23.5 Å². The number of amides is 1. The summed E-state index contributed by atoms with van der Waals surface area (Å²) in [6.45, 7) is 4.44. The quantitative estimate of drug-likeness (QED) is 0.594. The fourth-order valence-corrected chi connectivity index (χ4v) is 2.21. The Labute approximate surface area is 146 Å². The number of nitrogens with zero attached hydrogens (tertiary/aromatic N) is 2. The molecule has 1 amide bonds. The van der Waals surface area contributed by atoms with Crippen LogP contribution in [0.1, 0.15) is 46.3 Å². The lowest BCUT2D eigenvalue weighted by Crippen LogP contribution is -2.25. The highest BCUT2D eigenvalue weighted by atomic mass is 16.5. The van der Waals surface area contributed by atoms with Crippen LogP contribution in [-0.2, 0) is 4.74 Å². The van der Waals surface area contributed by atoms with Gasteiger partial charge in [-0.2, -0.15) is 0 Å². The highest BCUT2D eigenvalue weighted by Crippen LogP contribution is 2.20. The normalized spacial score (nSPS) is 10.2. The molecule has 0 radical (unpaired) electrons. The molecule has 2 aromatic rings. The van der Waals surface area contributed by atoms with Gasteiger partial charge in [0.1, 0.15) is 5.69 Å². The van der Waals surface area contributed by atoms with Gasteiger partial charge in [0.05, 0.1) is 18.4 Å². The van der Waals surface area contributed by atoms with Gasteiger partial charge in [0.25, 0.3) is 5.91 Å². The van der Waals surface area contributed by atoms with Crippen molar-refractivity contribution in [3.05, 3.63) is 47.3 Å². The number of unbranched alkanes of at least 4 members (excludes halogenated alkanes) is 1. The molecule has 0 aliphatic rings. The van der Waals surface area contributed by atoms with E-state index in [4.69, 9.17) is 4.74 Å². The van der Waals surface area contributed by atoms with Crippen molar-refractivity contribution in [3.63, 3.8) is 0 Å². The van der Waals surface area contributed by atoms with Crippen molar-refractivity contribution in [2.45, 2.75) is 26.7 Å². The largest absolute Gasteiger partial charge is 0.465 e. The van der Waals surface area contributed by atoms with Crippen molar-refractivity contribution in [2.75, 3.05) is 19.0 Å². The lowest BCUT2D eigenvalue weighted by Gasteiger charge is -2.11. The molecule has 0 aliphatic carbocycles. The third-order valence-electron chi connectivity index (χ3n) is 3.48. The number of benzene rings is 1. The van der Waals surface area contributed by atoms with Crippen LogP contribution in [0.5, 0.6) is 0 Å². The second kappa shape index (κ2) is 8.77. The molecule has 0 aliphatic heterocycles. The Morgan fingerprint density at radius 2 is 1.96 bits per heavy atom. The molecule has 1 aromatic carbocycles. The number of hydrogen-bond donors (Lipinski definition) is 2. The fraction of sp³-hybridized carbons (Fsp3) is 0.333. The van der Waals surface area contributed by atoms with Crippen LogP contribution in [0, 0.1) is 6.92 Å². The molecular formula is C18H22N4O3. The zero-order valence-electron chi connectivity index (χ0n) is 14.6. The summed E-state index contributed by atoms with van der Waals surface area (Å²) in [6, 6.07) is 8.50. The first-order valence-corrected chi connectivity index (χ1v) is 8.13. The van der Waals surface area contributed by atoms with E-state index in [1.165, 1.54) is 7.11 Å². The Bertz CT molecular complexity index is 762. The van der Waals surface area contributed by atoms with Gasteiger partial charge in [-0.25, -0.2) is 14.8 Å². The van der Waals surface area contributed by atoms with E-state index in [1.54, 1.807) is 37.3 Å². The topological polar surface area (TPSA) is 93.2 Å². The minimum Gasteiger partial charge on any atom is -0.465 e. The molecule has 0 unspecified atom stereocenters. The molecule has 0 spiro atoms. The Hall–Kier alpha value is -2.96. The Morgan fingerprint density at radius 1 is 1.20 bits per heavy atom. The molecule has 2 rings (SSSR count). The predicted octanol–water partition coefficient (Wildman–Crippen LogP) is 2.85. The Balaban J connectivity index is 2.24. The van der Waals surface area contributed by atoms with E-state index in [-0.39, 0.29) is 17.5 Å². The summed E-state index contributed by atoms with van der Waals surface area (Å²) in [5.74, 6) is -0.464. The molecule has 25 heavy (non-hydrogen) atoms. The second-order valence-electron chi connectivity index (χ2n) is 5.49. The van der Waals surface area contributed by atoms with E-state index in [1.807, 2.05) is 0 Å².